The van der Waals surface area contributed by atoms with Crippen LogP contribution in [-0.4, -0.2) is 20.6 Å². The van der Waals surface area contributed by atoms with Crippen molar-refractivity contribution in [1.29, 1.82) is 0 Å². The molecule has 0 aliphatic heterocycles. The average Bonchev–Trinajstić information content (AvgIpc) is 2.43. The van der Waals surface area contributed by atoms with Crippen LogP contribution in [0.15, 0.2) is 0 Å². The Hall–Kier alpha value is -0.930. The van der Waals surface area contributed by atoms with Crippen molar-refractivity contribution in [2.45, 2.75) is 25.7 Å². The van der Waals surface area contributed by atoms with Gasteiger partial charge in [-0.25, -0.2) is 5.10 Å². The molecular formula is C6H11N4. The number of aromatic amines is 1. The van der Waals surface area contributed by atoms with E-state index in [2.05, 4.69) is 34.5 Å². The first-order chi connectivity index (χ1) is 4.88. The third-order valence-electron chi connectivity index (χ3n) is 1.59. The lowest BCUT2D eigenvalue weighted by molar-refractivity contribution is 0.629. The van der Waals surface area contributed by atoms with Crippen LogP contribution in [0.1, 0.15) is 31.5 Å². The zero-order valence-corrected chi connectivity index (χ0v) is 6.04. The topological polar surface area (TPSA) is 54.5 Å². The van der Waals surface area contributed by atoms with Crippen LogP contribution in [0.25, 0.3) is 0 Å². The molecule has 10 heavy (non-hydrogen) atoms. The Bertz CT molecular complexity index is 166. The standard InChI is InChI=1S/C6H11N4/c1-3-5(4-2)6-7-9-10-8-6/h5H,1,3-4H2,2H3,(H,7,8,9,10). The monoisotopic (exact) mass is 139 g/mol. The van der Waals surface area contributed by atoms with Crippen LogP contribution < -0.4 is 0 Å². The van der Waals surface area contributed by atoms with Gasteiger partial charge in [-0.15, -0.1) is 5.10 Å². The van der Waals surface area contributed by atoms with Crippen molar-refractivity contribution in [2.75, 3.05) is 0 Å². The largest absolute Gasteiger partial charge is 0.243 e. The summed E-state index contributed by atoms with van der Waals surface area (Å²) in [6, 6.07) is 0. The van der Waals surface area contributed by atoms with E-state index in [1.54, 1.807) is 0 Å². The van der Waals surface area contributed by atoms with Crippen molar-refractivity contribution in [3.8, 4) is 0 Å². The number of aromatic nitrogens is 4. The fourth-order valence-electron chi connectivity index (χ4n) is 0.874. The Labute approximate surface area is 60.0 Å². The highest BCUT2D eigenvalue weighted by Gasteiger charge is 2.09. The second kappa shape index (κ2) is 3.29. The minimum absolute atomic E-state index is 0.384. The first kappa shape index (κ1) is 7.18. The van der Waals surface area contributed by atoms with Gasteiger partial charge in [-0.05, 0) is 23.3 Å². The first-order valence-corrected chi connectivity index (χ1v) is 3.41. The van der Waals surface area contributed by atoms with E-state index in [1.807, 2.05) is 0 Å². The van der Waals surface area contributed by atoms with Gasteiger partial charge in [0, 0.05) is 5.92 Å². The molecule has 1 heterocycles. The molecule has 1 atom stereocenters. The first-order valence-electron chi connectivity index (χ1n) is 3.41. The van der Waals surface area contributed by atoms with Gasteiger partial charge >= 0.3 is 0 Å². The molecule has 0 aliphatic carbocycles. The number of nitrogens with zero attached hydrogens (tertiary/aromatic N) is 3. The predicted molar refractivity (Wildman–Crippen MR) is 37.2 cm³/mol. The van der Waals surface area contributed by atoms with E-state index in [0.29, 0.717) is 5.92 Å². The van der Waals surface area contributed by atoms with Gasteiger partial charge in [0.2, 0.25) is 0 Å². The summed E-state index contributed by atoms with van der Waals surface area (Å²) in [6.45, 7) is 5.89. The molecule has 4 nitrogen and oxygen atoms in total. The molecule has 1 aromatic rings. The van der Waals surface area contributed by atoms with Gasteiger partial charge in [0.15, 0.2) is 5.82 Å². The van der Waals surface area contributed by atoms with Crippen LogP contribution in [0.4, 0.5) is 0 Å². The van der Waals surface area contributed by atoms with Crippen LogP contribution in [-0.2, 0) is 0 Å². The molecule has 0 amide bonds. The van der Waals surface area contributed by atoms with Gasteiger partial charge < -0.3 is 0 Å². The quantitative estimate of drug-likeness (QED) is 0.677. The molecule has 4 heteroatoms. The normalized spacial score (nSPS) is 10.7. The molecule has 0 fully saturated rings. The number of tetrazole rings is 1. The summed E-state index contributed by atoms with van der Waals surface area (Å²) in [7, 11) is 0. The minimum Gasteiger partial charge on any atom is -0.243 e. The molecule has 0 bridgehead atoms. The maximum absolute atomic E-state index is 3.80. The fraction of sp³-hybridized carbons (Fsp3) is 0.667. The smallest absolute Gasteiger partial charge is 0.151 e. The zero-order chi connectivity index (χ0) is 7.40. The lowest BCUT2D eigenvalue weighted by atomic mass is 10.0. The highest BCUT2D eigenvalue weighted by Crippen LogP contribution is 2.16. The van der Waals surface area contributed by atoms with E-state index in [9.17, 15) is 0 Å². The maximum atomic E-state index is 3.80. The molecule has 0 aromatic carbocycles. The molecule has 0 aliphatic rings. The van der Waals surface area contributed by atoms with E-state index in [-0.39, 0.29) is 0 Å². The van der Waals surface area contributed by atoms with E-state index in [0.717, 1.165) is 18.7 Å². The highest BCUT2D eigenvalue weighted by molar-refractivity contribution is 4.89. The molecule has 1 aromatic heterocycles. The van der Waals surface area contributed by atoms with E-state index >= 15 is 0 Å². The van der Waals surface area contributed by atoms with Gasteiger partial charge in [0.1, 0.15) is 0 Å². The third kappa shape index (κ3) is 1.32. The average molecular weight is 139 g/mol. The molecule has 55 valence electrons. The van der Waals surface area contributed by atoms with Crippen LogP contribution in [0.3, 0.4) is 0 Å². The van der Waals surface area contributed by atoms with Crippen LogP contribution in [0.2, 0.25) is 0 Å². The molecule has 1 N–H and O–H groups in total. The lowest BCUT2D eigenvalue weighted by Crippen LogP contribution is -1.97. The summed E-state index contributed by atoms with van der Waals surface area (Å²) in [5, 5.41) is 13.5. The summed E-state index contributed by atoms with van der Waals surface area (Å²) in [4.78, 5) is 0. The third-order valence-corrected chi connectivity index (χ3v) is 1.59. The Morgan fingerprint density at radius 3 is 2.90 bits per heavy atom. The molecule has 0 spiro atoms. The second-order valence-electron chi connectivity index (χ2n) is 2.18. The predicted octanol–water partition coefficient (Wildman–Crippen LogP) is 0.917. The molecule has 1 rings (SSSR count). The van der Waals surface area contributed by atoms with Gasteiger partial charge in [-0.3, -0.25) is 0 Å². The van der Waals surface area contributed by atoms with Gasteiger partial charge in [-0.2, -0.15) is 0 Å². The summed E-state index contributed by atoms with van der Waals surface area (Å²) >= 11 is 0. The van der Waals surface area contributed by atoms with Crippen LogP contribution in [0.5, 0.6) is 0 Å². The SMILES string of the molecule is [CH2]CC(CC)c1nnn[nH]1. The van der Waals surface area contributed by atoms with Crippen molar-refractivity contribution >= 4 is 0 Å². The van der Waals surface area contributed by atoms with Crippen molar-refractivity contribution in [1.82, 2.24) is 20.6 Å². The van der Waals surface area contributed by atoms with Crippen molar-refractivity contribution in [3.05, 3.63) is 12.7 Å². The molecule has 0 saturated carbocycles. The zero-order valence-electron chi connectivity index (χ0n) is 6.04. The number of hydrogen-bond acceptors (Lipinski definition) is 3. The molecule has 1 radical (unpaired) electrons. The Morgan fingerprint density at radius 1 is 1.70 bits per heavy atom. The van der Waals surface area contributed by atoms with Crippen molar-refractivity contribution < 1.29 is 0 Å². The fourth-order valence-corrected chi connectivity index (χ4v) is 0.874. The summed E-state index contributed by atoms with van der Waals surface area (Å²) in [5.41, 5.74) is 0. The maximum Gasteiger partial charge on any atom is 0.151 e. The van der Waals surface area contributed by atoms with Crippen LogP contribution >= 0.6 is 0 Å². The molecule has 1 unspecified atom stereocenters. The van der Waals surface area contributed by atoms with Crippen LogP contribution in [0, 0.1) is 6.92 Å². The number of rotatable bonds is 3. The Morgan fingerprint density at radius 2 is 2.50 bits per heavy atom. The number of H-pyrrole nitrogens is 1. The highest BCUT2D eigenvalue weighted by atomic mass is 15.5. The minimum atomic E-state index is 0.384. The van der Waals surface area contributed by atoms with Crippen molar-refractivity contribution in [2.24, 2.45) is 0 Å². The van der Waals surface area contributed by atoms with Crippen molar-refractivity contribution in [3.63, 3.8) is 0 Å². The Balaban J connectivity index is 2.64. The number of nitrogens with one attached hydrogen (secondary N) is 1. The van der Waals surface area contributed by atoms with E-state index in [1.165, 1.54) is 0 Å². The van der Waals surface area contributed by atoms with Gasteiger partial charge in [0.05, 0.1) is 0 Å². The number of hydrogen-bond donors (Lipinski definition) is 1. The Kier molecular flexibility index (Phi) is 2.36. The van der Waals surface area contributed by atoms with E-state index in [4.69, 9.17) is 0 Å². The lowest BCUT2D eigenvalue weighted by Gasteiger charge is -2.04. The summed E-state index contributed by atoms with van der Waals surface area (Å²) in [6.07, 6.45) is 1.87. The summed E-state index contributed by atoms with van der Waals surface area (Å²) < 4.78 is 0. The van der Waals surface area contributed by atoms with Gasteiger partial charge in [0.25, 0.3) is 0 Å². The molecule has 0 saturated heterocycles. The molecular weight excluding hydrogens is 128 g/mol. The van der Waals surface area contributed by atoms with E-state index < -0.39 is 0 Å². The summed E-state index contributed by atoms with van der Waals surface area (Å²) in [5.74, 6) is 1.23. The second-order valence-corrected chi connectivity index (χ2v) is 2.18. The van der Waals surface area contributed by atoms with Gasteiger partial charge in [-0.1, -0.05) is 13.8 Å².